The molecular formula is C9H12F2N2O2. The van der Waals surface area contributed by atoms with Gasteiger partial charge >= 0.3 is 11.9 Å². The summed E-state index contributed by atoms with van der Waals surface area (Å²) < 4.78 is 32.3. The molecule has 0 saturated carbocycles. The van der Waals surface area contributed by atoms with Gasteiger partial charge in [0.2, 0.25) is 0 Å². The van der Waals surface area contributed by atoms with Gasteiger partial charge in [-0.15, -0.1) is 0 Å². The monoisotopic (exact) mass is 218 g/mol. The Bertz CT molecular complexity index is 350. The van der Waals surface area contributed by atoms with E-state index in [1.807, 2.05) is 0 Å². The number of esters is 1. The van der Waals surface area contributed by atoms with E-state index < -0.39 is 17.6 Å². The molecule has 0 aliphatic heterocycles. The van der Waals surface area contributed by atoms with E-state index in [1.54, 1.807) is 6.92 Å². The predicted octanol–water partition coefficient (Wildman–Crippen LogP) is 1.56. The van der Waals surface area contributed by atoms with Crippen LogP contribution in [0.1, 0.15) is 19.5 Å². The molecule has 1 aromatic heterocycles. The minimum atomic E-state index is -3.64. The molecule has 4 nitrogen and oxygen atoms in total. The van der Waals surface area contributed by atoms with Gasteiger partial charge in [-0.1, -0.05) is 0 Å². The van der Waals surface area contributed by atoms with Crippen molar-refractivity contribution in [2.45, 2.75) is 26.3 Å². The van der Waals surface area contributed by atoms with Crippen molar-refractivity contribution >= 4 is 5.97 Å². The molecule has 1 aromatic rings. The molecule has 0 aliphatic rings. The number of rotatable bonds is 4. The zero-order valence-corrected chi connectivity index (χ0v) is 8.54. The van der Waals surface area contributed by atoms with Crippen molar-refractivity contribution in [2.75, 3.05) is 6.61 Å². The van der Waals surface area contributed by atoms with Gasteiger partial charge in [-0.25, -0.2) is 4.79 Å². The Kier molecular flexibility index (Phi) is 3.39. The number of halogens is 2. The zero-order chi connectivity index (χ0) is 11.5. The first-order valence-electron chi connectivity index (χ1n) is 4.61. The van der Waals surface area contributed by atoms with Crippen LogP contribution in [0.15, 0.2) is 12.3 Å². The van der Waals surface area contributed by atoms with Gasteiger partial charge in [0.05, 0.1) is 6.61 Å². The van der Waals surface area contributed by atoms with Crippen LogP contribution in [0.25, 0.3) is 0 Å². The zero-order valence-electron chi connectivity index (χ0n) is 8.54. The minimum Gasteiger partial charge on any atom is -0.461 e. The summed E-state index contributed by atoms with van der Waals surface area (Å²) in [6.07, 6.45) is 1.23. The van der Waals surface area contributed by atoms with E-state index in [9.17, 15) is 13.6 Å². The van der Waals surface area contributed by atoms with Gasteiger partial charge in [0.1, 0.15) is 5.69 Å². The van der Waals surface area contributed by atoms with Crippen LogP contribution in [0.4, 0.5) is 8.78 Å². The van der Waals surface area contributed by atoms with Crippen LogP contribution < -0.4 is 0 Å². The van der Waals surface area contributed by atoms with Crippen molar-refractivity contribution < 1.29 is 18.3 Å². The molecule has 1 heterocycles. The second-order valence-corrected chi connectivity index (χ2v) is 2.83. The first-order valence-corrected chi connectivity index (χ1v) is 4.61. The second kappa shape index (κ2) is 4.37. The highest BCUT2D eigenvalue weighted by molar-refractivity contribution is 5.78. The summed E-state index contributed by atoms with van der Waals surface area (Å²) in [5.41, 5.74) is -0.441. The largest absolute Gasteiger partial charge is 0.461 e. The molecular weight excluding hydrogens is 206 g/mol. The lowest BCUT2D eigenvalue weighted by Gasteiger charge is -2.15. The number of hydrogen-bond donors (Lipinski definition) is 0. The number of alkyl halides is 2. The van der Waals surface area contributed by atoms with Crippen LogP contribution in [-0.4, -0.2) is 22.4 Å². The lowest BCUT2D eigenvalue weighted by atomic mass is 10.2. The van der Waals surface area contributed by atoms with Crippen molar-refractivity contribution in [1.82, 2.24) is 9.78 Å². The SMILES string of the molecule is CCOC(=O)C(F)(F)c1ccnn1CC. The van der Waals surface area contributed by atoms with Gasteiger partial charge in [0.25, 0.3) is 0 Å². The highest BCUT2D eigenvalue weighted by atomic mass is 19.3. The number of ether oxygens (including phenoxy) is 1. The summed E-state index contributed by atoms with van der Waals surface area (Å²) in [6.45, 7) is 3.34. The third-order valence-electron chi connectivity index (χ3n) is 1.87. The summed E-state index contributed by atoms with van der Waals surface area (Å²) >= 11 is 0. The average molecular weight is 218 g/mol. The molecule has 0 spiro atoms. The Morgan fingerprint density at radius 2 is 2.27 bits per heavy atom. The Labute approximate surface area is 85.8 Å². The fraction of sp³-hybridized carbons (Fsp3) is 0.556. The number of nitrogens with zero attached hydrogens (tertiary/aromatic N) is 2. The van der Waals surface area contributed by atoms with Crippen molar-refractivity contribution in [3.63, 3.8) is 0 Å². The van der Waals surface area contributed by atoms with Gasteiger partial charge in [0, 0.05) is 12.7 Å². The maximum absolute atomic E-state index is 13.5. The molecule has 0 unspecified atom stereocenters. The molecule has 0 amide bonds. The highest BCUT2D eigenvalue weighted by Gasteiger charge is 2.45. The van der Waals surface area contributed by atoms with Gasteiger partial charge in [0.15, 0.2) is 0 Å². The Hall–Kier alpha value is -1.46. The third-order valence-corrected chi connectivity index (χ3v) is 1.87. The lowest BCUT2D eigenvalue weighted by molar-refractivity contribution is -0.174. The fourth-order valence-corrected chi connectivity index (χ4v) is 1.18. The van der Waals surface area contributed by atoms with E-state index >= 15 is 0 Å². The van der Waals surface area contributed by atoms with E-state index in [0.29, 0.717) is 0 Å². The number of aryl methyl sites for hydroxylation is 1. The normalized spacial score (nSPS) is 11.5. The van der Waals surface area contributed by atoms with E-state index in [1.165, 1.54) is 13.1 Å². The maximum atomic E-state index is 13.5. The fourth-order valence-electron chi connectivity index (χ4n) is 1.18. The first-order chi connectivity index (χ1) is 7.04. The Morgan fingerprint density at radius 3 is 2.80 bits per heavy atom. The maximum Gasteiger partial charge on any atom is 0.384 e. The minimum absolute atomic E-state index is 0.0747. The Balaban J connectivity index is 2.99. The number of hydrogen-bond acceptors (Lipinski definition) is 3. The number of carbonyl (C=O) groups excluding carboxylic acids is 1. The Morgan fingerprint density at radius 1 is 1.60 bits per heavy atom. The molecule has 0 saturated heterocycles. The summed E-state index contributed by atoms with van der Waals surface area (Å²) in [4.78, 5) is 11.0. The number of carbonyl (C=O) groups is 1. The van der Waals surface area contributed by atoms with Crippen LogP contribution in [0.3, 0.4) is 0 Å². The molecule has 0 fully saturated rings. The first kappa shape index (κ1) is 11.6. The molecule has 84 valence electrons. The average Bonchev–Trinajstić information content (AvgIpc) is 2.66. The summed E-state index contributed by atoms with van der Waals surface area (Å²) in [5, 5.41) is 3.67. The van der Waals surface area contributed by atoms with Gasteiger partial charge in [-0.05, 0) is 19.9 Å². The van der Waals surface area contributed by atoms with Crippen LogP contribution in [0.2, 0.25) is 0 Å². The molecule has 15 heavy (non-hydrogen) atoms. The van der Waals surface area contributed by atoms with Crippen molar-refractivity contribution in [1.29, 1.82) is 0 Å². The van der Waals surface area contributed by atoms with E-state index in [4.69, 9.17) is 0 Å². The molecule has 0 bridgehead atoms. The van der Waals surface area contributed by atoms with E-state index in [2.05, 4.69) is 9.84 Å². The van der Waals surface area contributed by atoms with Gasteiger partial charge < -0.3 is 4.74 Å². The topological polar surface area (TPSA) is 44.1 Å². The lowest BCUT2D eigenvalue weighted by Crippen LogP contribution is -2.31. The molecule has 6 heteroatoms. The molecule has 0 radical (unpaired) electrons. The van der Waals surface area contributed by atoms with Crippen LogP contribution in [-0.2, 0) is 22.0 Å². The third kappa shape index (κ3) is 2.14. The van der Waals surface area contributed by atoms with Crippen LogP contribution >= 0.6 is 0 Å². The molecule has 0 N–H and O–H groups in total. The van der Waals surface area contributed by atoms with Crippen LogP contribution in [0, 0.1) is 0 Å². The summed E-state index contributed by atoms with van der Waals surface area (Å²) in [7, 11) is 0. The quantitative estimate of drug-likeness (QED) is 0.720. The highest BCUT2D eigenvalue weighted by Crippen LogP contribution is 2.29. The molecule has 0 aromatic carbocycles. The molecule has 0 atom stereocenters. The standard InChI is InChI=1S/C9H12F2N2O2/c1-3-13-7(5-6-12-13)9(10,11)8(14)15-4-2/h5-6H,3-4H2,1-2H3. The van der Waals surface area contributed by atoms with Crippen molar-refractivity contribution in [3.05, 3.63) is 18.0 Å². The predicted molar refractivity (Wildman–Crippen MR) is 48.4 cm³/mol. The summed E-state index contributed by atoms with van der Waals surface area (Å²) in [6, 6.07) is 1.11. The molecule has 0 aliphatic carbocycles. The summed E-state index contributed by atoms with van der Waals surface area (Å²) in [5.74, 6) is -5.18. The second-order valence-electron chi connectivity index (χ2n) is 2.83. The van der Waals surface area contributed by atoms with Gasteiger partial charge in [-0.2, -0.15) is 13.9 Å². The number of aromatic nitrogens is 2. The smallest absolute Gasteiger partial charge is 0.384 e. The molecule has 1 rings (SSSR count). The van der Waals surface area contributed by atoms with Crippen molar-refractivity contribution in [3.8, 4) is 0 Å². The van der Waals surface area contributed by atoms with E-state index in [-0.39, 0.29) is 13.2 Å². The van der Waals surface area contributed by atoms with Crippen molar-refractivity contribution in [2.24, 2.45) is 0 Å². The van der Waals surface area contributed by atoms with E-state index in [0.717, 1.165) is 10.7 Å². The van der Waals surface area contributed by atoms with Crippen LogP contribution in [0.5, 0.6) is 0 Å². The van der Waals surface area contributed by atoms with Gasteiger partial charge in [-0.3, -0.25) is 4.68 Å².